The fourth-order valence-electron chi connectivity index (χ4n) is 2.42. The summed E-state index contributed by atoms with van der Waals surface area (Å²) in [5, 5.41) is 2.77. The van der Waals surface area contributed by atoms with E-state index < -0.39 is 6.43 Å². The minimum Gasteiger partial charge on any atom is -0.326 e. The molecule has 1 amide bonds. The van der Waals surface area contributed by atoms with Gasteiger partial charge < -0.3 is 9.72 Å². The number of carbonyl (C=O) groups excluding carboxylic acids is 1. The zero-order chi connectivity index (χ0) is 16.2. The van der Waals surface area contributed by atoms with E-state index in [9.17, 15) is 13.6 Å². The number of hydrogen-bond acceptors (Lipinski definition) is 2. The van der Waals surface area contributed by atoms with Crippen molar-refractivity contribution in [1.29, 1.82) is 0 Å². The van der Waals surface area contributed by atoms with Crippen molar-refractivity contribution in [3.63, 3.8) is 0 Å². The minimum atomic E-state index is -2.37. The maximum atomic E-state index is 12.3. The van der Waals surface area contributed by atoms with Crippen LogP contribution in [0.3, 0.4) is 0 Å². The smallest absolute Gasteiger partial charge is 0.242 e. The number of halogens is 2. The summed E-state index contributed by atoms with van der Waals surface area (Å²) in [7, 11) is 0. The predicted octanol–water partition coefficient (Wildman–Crippen LogP) is 3.32. The molecule has 3 aromatic rings. The van der Waals surface area contributed by atoms with E-state index in [1.54, 1.807) is 36.7 Å². The first-order valence-corrected chi connectivity index (χ1v) is 7.20. The third kappa shape index (κ3) is 3.71. The lowest BCUT2D eigenvalue weighted by molar-refractivity contribution is -0.115. The van der Waals surface area contributed by atoms with Gasteiger partial charge >= 0.3 is 0 Å². The van der Waals surface area contributed by atoms with Gasteiger partial charge in [0.15, 0.2) is 0 Å². The molecule has 1 N–H and O–H groups in total. The van der Waals surface area contributed by atoms with E-state index in [0.29, 0.717) is 11.3 Å². The SMILES string of the molecule is O=C(Cc1cccc2nccn12)Nc1ccc(CC(F)F)cc1. The summed E-state index contributed by atoms with van der Waals surface area (Å²) in [5.74, 6) is -0.173. The van der Waals surface area contributed by atoms with Crippen LogP contribution in [0.25, 0.3) is 5.65 Å². The summed E-state index contributed by atoms with van der Waals surface area (Å²) in [4.78, 5) is 16.3. The molecular formula is C17H15F2N3O. The van der Waals surface area contributed by atoms with Crippen LogP contribution < -0.4 is 5.32 Å². The van der Waals surface area contributed by atoms with Crippen LogP contribution in [-0.2, 0) is 17.6 Å². The highest BCUT2D eigenvalue weighted by Crippen LogP contribution is 2.14. The number of alkyl halides is 2. The summed E-state index contributed by atoms with van der Waals surface area (Å²) < 4.78 is 26.4. The van der Waals surface area contributed by atoms with E-state index in [-0.39, 0.29) is 18.7 Å². The topological polar surface area (TPSA) is 46.4 Å². The molecule has 2 heterocycles. The number of anilines is 1. The number of nitrogens with zero attached hydrogens (tertiary/aromatic N) is 2. The Morgan fingerprint density at radius 2 is 1.96 bits per heavy atom. The first kappa shape index (κ1) is 15.1. The Morgan fingerprint density at radius 1 is 1.17 bits per heavy atom. The normalized spacial score (nSPS) is 11.1. The van der Waals surface area contributed by atoms with Gasteiger partial charge in [-0.3, -0.25) is 4.79 Å². The van der Waals surface area contributed by atoms with E-state index in [1.165, 1.54) is 0 Å². The van der Waals surface area contributed by atoms with Crippen molar-refractivity contribution in [2.75, 3.05) is 5.32 Å². The molecule has 0 bridgehead atoms. The molecule has 0 aliphatic heterocycles. The predicted molar refractivity (Wildman–Crippen MR) is 83.7 cm³/mol. The zero-order valence-corrected chi connectivity index (χ0v) is 12.2. The first-order valence-electron chi connectivity index (χ1n) is 7.20. The van der Waals surface area contributed by atoms with Crippen molar-refractivity contribution in [1.82, 2.24) is 9.38 Å². The number of aromatic nitrogens is 2. The number of nitrogens with one attached hydrogen (secondary N) is 1. The van der Waals surface area contributed by atoms with Crippen molar-refractivity contribution in [2.24, 2.45) is 0 Å². The number of hydrogen-bond donors (Lipinski definition) is 1. The molecule has 0 unspecified atom stereocenters. The first-order chi connectivity index (χ1) is 11.1. The second kappa shape index (κ2) is 6.56. The van der Waals surface area contributed by atoms with Crippen molar-refractivity contribution in [3.05, 3.63) is 66.1 Å². The van der Waals surface area contributed by atoms with Gasteiger partial charge in [-0.15, -0.1) is 0 Å². The van der Waals surface area contributed by atoms with Crippen molar-refractivity contribution >= 4 is 17.2 Å². The van der Waals surface area contributed by atoms with Crippen LogP contribution in [0.4, 0.5) is 14.5 Å². The van der Waals surface area contributed by atoms with Crippen LogP contribution >= 0.6 is 0 Å². The Balaban J connectivity index is 1.66. The standard InChI is InChI=1S/C17H15F2N3O/c18-15(19)10-12-4-6-13(7-5-12)21-17(23)11-14-2-1-3-16-20-8-9-22(14)16/h1-9,15H,10-11H2,(H,21,23). The maximum Gasteiger partial charge on any atom is 0.242 e. The number of pyridine rings is 1. The Hall–Kier alpha value is -2.76. The quantitative estimate of drug-likeness (QED) is 0.785. The molecule has 4 nitrogen and oxygen atoms in total. The number of rotatable bonds is 5. The highest BCUT2D eigenvalue weighted by Gasteiger charge is 2.08. The van der Waals surface area contributed by atoms with Gasteiger partial charge in [0.2, 0.25) is 12.3 Å². The average Bonchev–Trinajstić information content (AvgIpc) is 2.98. The Bertz CT molecular complexity index is 812. The fourth-order valence-corrected chi connectivity index (χ4v) is 2.42. The molecule has 2 aromatic heterocycles. The van der Waals surface area contributed by atoms with Crippen LogP contribution in [0.5, 0.6) is 0 Å². The molecule has 0 radical (unpaired) electrons. The zero-order valence-electron chi connectivity index (χ0n) is 12.2. The second-order valence-electron chi connectivity index (χ2n) is 5.19. The van der Waals surface area contributed by atoms with E-state index in [2.05, 4.69) is 10.3 Å². The number of fused-ring (bicyclic) bond motifs is 1. The second-order valence-corrected chi connectivity index (χ2v) is 5.19. The Labute approximate surface area is 131 Å². The molecule has 0 atom stereocenters. The van der Waals surface area contributed by atoms with Crippen molar-refractivity contribution < 1.29 is 13.6 Å². The lowest BCUT2D eigenvalue weighted by Gasteiger charge is -2.08. The molecule has 0 fully saturated rings. The Kier molecular flexibility index (Phi) is 4.32. The molecule has 6 heteroatoms. The summed E-state index contributed by atoms with van der Waals surface area (Å²) in [5.41, 5.74) is 2.74. The highest BCUT2D eigenvalue weighted by molar-refractivity contribution is 5.92. The van der Waals surface area contributed by atoms with E-state index in [1.807, 2.05) is 22.6 Å². The fraction of sp³-hybridized carbons (Fsp3) is 0.176. The molecule has 0 spiro atoms. The van der Waals surface area contributed by atoms with E-state index in [4.69, 9.17) is 0 Å². The number of imidazole rings is 1. The average molecular weight is 315 g/mol. The maximum absolute atomic E-state index is 12.3. The Morgan fingerprint density at radius 3 is 2.70 bits per heavy atom. The van der Waals surface area contributed by atoms with Gasteiger partial charge in [-0.25, -0.2) is 13.8 Å². The molecule has 0 aliphatic carbocycles. The molecule has 0 aliphatic rings. The number of benzene rings is 1. The third-order valence-electron chi connectivity index (χ3n) is 3.48. The largest absolute Gasteiger partial charge is 0.326 e. The highest BCUT2D eigenvalue weighted by atomic mass is 19.3. The summed E-state index contributed by atoms with van der Waals surface area (Å²) in [6.07, 6.45) is 1.03. The number of amides is 1. The van der Waals surface area contributed by atoms with Gasteiger partial charge in [0, 0.05) is 30.2 Å². The summed E-state index contributed by atoms with van der Waals surface area (Å²) >= 11 is 0. The molecular weight excluding hydrogens is 300 g/mol. The lowest BCUT2D eigenvalue weighted by Crippen LogP contribution is -2.16. The molecule has 3 rings (SSSR count). The summed E-state index contributed by atoms with van der Waals surface area (Å²) in [6, 6.07) is 12.0. The summed E-state index contributed by atoms with van der Waals surface area (Å²) in [6.45, 7) is 0. The van der Waals surface area contributed by atoms with E-state index in [0.717, 1.165) is 11.3 Å². The van der Waals surface area contributed by atoms with Gasteiger partial charge in [0.25, 0.3) is 0 Å². The van der Waals surface area contributed by atoms with E-state index >= 15 is 0 Å². The monoisotopic (exact) mass is 315 g/mol. The van der Waals surface area contributed by atoms with Crippen molar-refractivity contribution in [3.8, 4) is 0 Å². The van der Waals surface area contributed by atoms with Gasteiger partial charge in [-0.05, 0) is 29.8 Å². The molecule has 0 saturated heterocycles. The van der Waals surface area contributed by atoms with Crippen LogP contribution in [0.1, 0.15) is 11.3 Å². The minimum absolute atomic E-state index is 0.173. The van der Waals surface area contributed by atoms with Crippen LogP contribution in [-0.4, -0.2) is 21.7 Å². The van der Waals surface area contributed by atoms with Gasteiger partial charge in [-0.1, -0.05) is 18.2 Å². The molecule has 118 valence electrons. The van der Waals surface area contributed by atoms with Crippen LogP contribution in [0, 0.1) is 0 Å². The third-order valence-corrected chi connectivity index (χ3v) is 3.48. The number of carbonyl (C=O) groups is 1. The molecule has 0 saturated carbocycles. The lowest BCUT2D eigenvalue weighted by atomic mass is 10.1. The molecule has 23 heavy (non-hydrogen) atoms. The van der Waals surface area contributed by atoms with Gasteiger partial charge in [0.1, 0.15) is 5.65 Å². The van der Waals surface area contributed by atoms with Crippen molar-refractivity contribution in [2.45, 2.75) is 19.3 Å². The van der Waals surface area contributed by atoms with Gasteiger partial charge in [-0.2, -0.15) is 0 Å². The van der Waals surface area contributed by atoms with Crippen LogP contribution in [0.15, 0.2) is 54.9 Å². The van der Waals surface area contributed by atoms with Gasteiger partial charge in [0.05, 0.1) is 6.42 Å². The molecule has 1 aromatic carbocycles. The van der Waals surface area contributed by atoms with Crippen LogP contribution in [0.2, 0.25) is 0 Å².